The standard InChI is InChI=1S/C21H22N4O3/c26-20(12-15-3-8-18-19(11-15)23-14-22-18)24-16-4-6-17(7-5-16)28-13-21(27)25-9-1-2-10-25/h3-8,11,14H,1-2,9-10,12-13H2,(H,22,23)(H,24,26). The fourth-order valence-corrected chi connectivity index (χ4v) is 3.32. The Morgan fingerprint density at radius 2 is 1.89 bits per heavy atom. The van der Waals surface area contributed by atoms with Gasteiger partial charge in [0.2, 0.25) is 5.91 Å². The van der Waals surface area contributed by atoms with Gasteiger partial charge >= 0.3 is 0 Å². The first-order chi connectivity index (χ1) is 13.7. The minimum atomic E-state index is -0.100. The molecule has 2 amide bonds. The Bertz CT molecular complexity index is 975. The summed E-state index contributed by atoms with van der Waals surface area (Å²) in [7, 11) is 0. The molecule has 7 nitrogen and oxygen atoms in total. The highest BCUT2D eigenvalue weighted by molar-refractivity contribution is 5.92. The number of likely N-dealkylation sites (tertiary alicyclic amines) is 1. The quantitative estimate of drug-likeness (QED) is 0.690. The largest absolute Gasteiger partial charge is 0.484 e. The lowest BCUT2D eigenvalue weighted by Crippen LogP contribution is -2.32. The van der Waals surface area contributed by atoms with Gasteiger partial charge in [0.1, 0.15) is 5.75 Å². The molecule has 0 unspecified atom stereocenters. The number of hydrogen-bond donors (Lipinski definition) is 2. The number of aromatic amines is 1. The number of carbonyl (C=O) groups is 2. The monoisotopic (exact) mass is 378 g/mol. The summed E-state index contributed by atoms with van der Waals surface area (Å²) in [5, 5.41) is 2.87. The maximum Gasteiger partial charge on any atom is 0.260 e. The predicted molar refractivity (Wildman–Crippen MR) is 106 cm³/mol. The van der Waals surface area contributed by atoms with Crippen LogP contribution in [0.25, 0.3) is 11.0 Å². The molecule has 144 valence electrons. The van der Waals surface area contributed by atoms with Crippen molar-refractivity contribution >= 4 is 28.5 Å². The third-order valence-electron chi connectivity index (χ3n) is 4.81. The highest BCUT2D eigenvalue weighted by Crippen LogP contribution is 2.17. The van der Waals surface area contributed by atoms with Crippen molar-refractivity contribution in [3.63, 3.8) is 0 Å². The van der Waals surface area contributed by atoms with E-state index in [-0.39, 0.29) is 24.8 Å². The zero-order valence-electron chi connectivity index (χ0n) is 15.5. The van der Waals surface area contributed by atoms with E-state index in [1.54, 1.807) is 30.6 Å². The summed E-state index contributed by atoms with van der Waals surface area (Å²) >= 11 is 0. The van der Waals surface area contributed by atoms with Gasteiger partial charge in [-0.05, 0) is 54.8 Å². The minimum Gasteiger partial charge on any atom is -0.484 e. The fourth-order valence-electron chi connectivity index (χ4n) is 3.32. The van der Waals surface area contributed by atoms with E-state index in [2.05, 4.69) is 15.3 Å². The minimum absolute atomic E-state index is 0.0177. The molecular formula is C21H22N4O3. The van der Waals surface area contributed by atoms with Gasteiger partial charge in [-0.25, -0.2) is 4.98 Å². The molecule has 0 radical (unpaired) electrons. The summed E-state index contributed by atoms with van der Waals surface area (Å²) in [5.74, 6) is 0.524. The van der Waals surface area contributed by atoms with E-state index in [0.29, 0.717) is 11.4 Å². The van der Waals surface area contributed by atoms with E-state index in [0.717, 1.165) is 42.5 Å². The van der Waals surface area contributed by atoms with Crippen LogP contribution in [0.5, 0.6) is 5.75 Å². The zero-order chi connectivity index (χ0) is 19.3. The Morgan fingerprint density at radius 1 is 1.11 bits per heavy atom. The molecule has 2 heterocycles. The predicted octanol–water partition coefficient (Wildman–Crippen LogP) is 2.75. The van der Waals surface area contributed by atoms with E-state index in [9.17, 15) is 9.59 Å². The third kappa shape index (κ3) is 4.31. The van der Waals surface area contributed by atoms with Crippen LogP contribution in [0.3, 0.4) is 0 Å². The second-order valence-electron chi connectivity index (χ2n) is 6.88. The third-order valence-corrected chi connectivity index (χ3v) is 4.81. The lowest BCUT2D eigenvalue weighted by atomic mass is 10.1. The van der Waals surface area contributed by atoms with Gasteiger partial charge in [0.05, 0.1) is 23.8 Å². The normalized spacial score (nSPS) is 13.6. The number of benzene rings is 2. The summed E-state index contributed by atoms with van der Waals surface area (Å²) in [6.45, 7) is 1.68. The van der Waals surface area contributed by atoms with E-state index in [1.165, 1.54) is 0 Å². The molecule has 0 spiro atoms. The molecule has 0 saturated carbocycles. The highest BCUT2D eigenvalue weighted by atomic mass is 16.5. The molecule has 0 atom stereocenters. The Kier molecular flexibility index (Phi) is 5.23. The van der Waals surface area contributed by atoms with E-state index in [4.69, 9.17) is 4.74 Å². The number of anilines is 1. The van der Waals surface area contributed by atoms with Crippen molar-refractivity contribution in [3.8, 4) is 5.75 Å². The van der Waals surface area contributed by atoms with Crippen molar-refractivity contribution < 1.29 is 14.3 Å². The molecule has 2 aromatic carbocycles. The van der Waals surface area contributed by atoms with Crippen LogP contribution in [-0.4, -0.2) is 46.4 Å². The fraction of sp³-hybridized carbons (Fsp3) is 0.286. The maximum absolute atomic E-state index is 12.3. The number of aromatic nitrogens is 2. The molecule has 1 fully saturated rings. The summed E-state index contributed by atoms with van der Waals surface area (Å²) in [6.07, 6.45) is 4.04. The molecule has 1 aromatic heterocycles. The Morgan fingerprint density at radius 3 is 2.68 bits per heavy atom. The van der Waals surface area contributed by atoms with Crippen molar-refractivity contribution in [1.82, 2.24) is 14.9 Å². The molecule has 1 aliphatic rings. The summed E-state index contributed by atoms with van der Waals surface area (Å²) in [5.41, 5.74) is 3.39. The van der Waals surface area contributed by atoms with Gasteiger partial charge in [0.25, 0.3) is 5.91 Å². The molecule has 1 saturated heterocycles. The maximum atomic E-state index is 12.3. The molecule has 28 heavy (non-hydrogen) atoms. The van der Waals surface area contributed by atoms with Crippen LogP contribution >= 0.6 is 0 Å². The van der Waals surface area contributed by atoms with Crippen LogP contribution in [0.2, 0.25) is 0 Å². The second-order valence-corrected chi connectivity index (χ2v) is 6.88. The highest BCUT2D eigenvalue weighted by Gasteiger charge is 2.18. The van der Waals surface area contributed by atoms with Gasteiger partial charge in [-0.15, -0.1) is 0 Å². The van der Waals surface area contributed by atoms with E-state index < -0.39 is 0 Å². The molecule has 4 rings (SSSR count). The Labute approximate surface area is 162 Å². The van der Waals surface area contributed by atoms with E-state index in [1.807, 2.05) is 23.1 Å². The number of imidazole rings is 1. The number of H-pyrrole nitrogens is 1. The SMILES string of the molecule is O=C(Cc1ccc2nc[nH]c2c1)Nc1ccc(OCC(=O)N2CCCC2)cc1. The van der Waals surface area contributed by atoms with Crippen LogP contribution in [0, 0.1) is 0 Å². The number of nitrogens with one attached hydrogen (secondary N) is 2. The van der Waals surface area contributed by atoms with Gasteiger partial charge in [-0.3, -0.25) is 9.59 Å². The van der Waals surface area contributed by atoms with Crippen molar-refractivity contribution in [2.24, 2.45) is 0 Å². The molecule has 2 N–H and O–H groups in total. The smallest absolute Gasteiger partial charge is 0.260 e. The van der Waals surface area contributed by atoms with Crippen LogP contribution in [0.4, 0.5) is 5.69 Å². The lowest BCUT2D eigenvalue weighted by molar-refractivity contribution is -0.132. The first-order valence-electron chi connectivity index (χ1n) is 9.40. The molecule has 1 aliphatic heterocycles. The van der Waals surface area contributed by atoms with Crippen molar-refractivity contribution in [1.29, 1.82) is 0 Å². The molecule has 3 aromatic rings. The van der Waals surface area contributed by atoms with Crippen LogP contribution in [-0.2, 0) is 16.0 Å². The van der Waals surface area contributed by atoms with Crippen molar-refractivity contribution in [2.75, 3.05) is 25.0 Å². The molecule has 0 aliphatic carbocycles. The van der Waals surface area contributed by atoms with Gasteiger partial charge in [-0.2, -0.15) is 0 Å². The summed E-state index contributed by atoms with van der Waals surface area (Å²) in [6, 6.07) is 12.8. The number of rotatable bonds is 6. The van der Waals surface area contributed by atoms with Crippen molar-refractivity contribution in [2.45, 2.75) is 19.3 Å². The molecule has 7 heteroatoms. The van der Waals surface area contributed by atoms with Gasteiger partial charge < -0.3 is 19.9 Å². The van der Waals surface area contributed by atoms with Crippen LogP contribution in [0.15, 0.2) is 48.8 Å². The second kappa shape index (κ2) is 8.12. The number of ether oxygens (including phenoxy) is 1. The Balaban J connectivity index is 1.28. The summed E-state index contributed by atoms with van der Waals surface area (Å²) in [4.78, 5) is 33.3. The number of nitrogens with zero attached hydrogens (tertiary/aromatic N) is 2. The molecular weight excluding hydrogens is 356 g/mol. The van der Waals surface area contributed by atoms with Gasteiger partial charge in [-0.1, -0.05) is 6.07 Å². The number of fused-ring (bicyclic) bond motifs is 1. The van der Waals surface area contributed by atoms with Gasteiger partial charge in [0.15, 0.2) is 6.61 Å². The number of hydrogen-bond acceptors (Lipinski definition) is 4. The molecule has 0 bridgehead atoms. The number of amides is 2. The van der Waals surface area contributed by atoms with Crippen molar-refractivity contribution in [3.05, 3.63) is 54.4 Å². The lowest BCUT2D eigenvalue weighted by Gasteiger charge is -2.15. The number of carbonyl (C=O) groups excluding carboxylic acids is 2. The van der Waals surface area contributed by atoms with E-state index >= 15 is 0 Å². The van der Waals surface area contributed by atoms with Crippen LogP contribution in [0.1, 0.15) is 18.4 Å². The van der Waals surface area contributed by atoms with Gasteiger partial charge in [0, 0.05) is 18.8 Å². The first kappa shape index (κ1) is 18.0. The Hall–Kier alpha value is -3.35. The first-order valence-corrected chi connectivity index (χ1v) is 9.40. The summed E-state index contributed by atoms with van der Waals surface area (Å²) < 4.78 is 5.56. The average Bonchev–Trinajstić information content (AvgIpc) is 3.38. The van der Waals surface area contributed by atoms with Crippen LogP contribution < -0.4 is 10.1 Å². The zero-order valence-corrected chi connectivity index (χ0v) is 15.5. The topological polar surface area (TPSA) is 87.3 Å². The average molecular weight is 378 g/mol.